The molecule has 0 radical (unpaired) electrons. The lowest BCUT2D eigenvalue weighted by Crippen LogP contribution is -2.19. The molecule has 0 atom stereocenters. The van der Waals surface area contributed by atoms with Crippen LogP contribution in [0.1, 0.15) is 25.0 Å². The monoisotopic (exact) mass is 376 g/mol. The Labute approximate surface area is 157 Å². The molecule has 0 aliphatic heterocycles. The van der Waals surface area contributed by atoms with Crippen molar-refractivity contribution in [3.05, 3.63) is 64.7 Å². The van der Waals surface area contributed by atoms with E-state index >= 15 is 0 Å². The Morgan fingerprint density at radius 1 is 1.20 bits per heavy atom. The van der Waals surface area contributed by atoms with E-state index in [-0.39, 0.29) is 12.0 Å². The number of nitrogens with zero attached hydrogens (tertiary/aromatic N) is 1. The smallest absolute Gasteiger partial charge is 0.250 e. The number of carbonyl (C=O) groups excluding carboxylic acids is 1. The summed E-state index contributed by atoms with van der Waals surface area (Å²) in [7, 11) is 0. The molecule has 1 amide bonds. The first-order chi connectivity index (χ1) is 12.0. The van der Waals surface area contributed by atoms with Gasteiger partial charge in [0.25, 0.3) is 0 Å². The van der Waals surface area contributed by atoms with Gasteiger partial charge in [0.05, 0.1) is 18.1 Å². The molecule has 132 valence electrons. The van der Waals surface area contributed by atoms with E-state index in [0.29, 0.717) is 10.8 Å². The van der Waals surface area contributed by atoms with Crippen molar-refractivity contribution in [2.45, 2.75) is 25.7 Å². The van der Waals surface area contributed by atoms with Gasteiger partial charge in [0.2, 0.25) is 5.91 Å². The van der Waals surface area contributed by atoms with E-state index in [1.165, 1.54) is 11.8 Å². The molecule has 2 aromatic carbocycles. The second kappa shape index (κ2) is 10.1. The van der Waals surface area contributed by atoms with Gasteiger partial charge in [-0.1, -0.05) is 23.7 Å². The first kappa shape index (κ1) is 19.3. The summed E-state index contributed by atoms with van der Waals surface area (Å²) in [5, 5.41) is 4.69. The van der Waals surface area contributed by atoms with Crippen molar-refractivity contribution in [1.29, 1.82) is 0 Å². The minimum Gasteiger partial charge on any atom is -0.491 e. The molecule has 1 N–H and O–H groups in total. The largest absolute Gasteiger partial charge is 0.491 e. The number of hydrogen-bond donors (Lipinski definition) is 1. The summed E-state index contributed by atoms with van der Waals surface area (Å²) >= 11 is 7.37. The van der Waals surface area contributed by atoms with Crippen LogP contribution in [-0.4, -0.2) is 24.0 Å². The molecule has 0 aliphatic carbocycles. The lowest BCUT2D eigenvalue weighted by molar-refractivity contribution is -0.118. The number of carbonyl (C=O) groups is 1. The van der Waals surface area contributed by atoms with Gasteiger partial charge in [-0.3, -0.25) is 4.79 Å². The Hall–Kier alpha value is -1.98. The third-order valence-corrected chi connectivity index (χ3v) is 4.33. The van der Waals surface area contributed by atoms with E-state index in [1.54, 1.807) is 6.21 Å². The van der Waals surface area contributed by atoms with Crippen LogP contribution in [0.3, 0.4) is 0 Å². The molecule has 0 aliphatic rings. The molecule has 0 saturated heterocycles. The predicted molar refractivity (Wildman–Crippen MR) is 106 cm³/mol. The molecule has 4 nitrogen and oxygen atoms in total. The number of halogens is 1. The Balaban J connectivity index is 1.70. The van der Waals surface area contributed by atoms with Gasteiger partial charge >= 0.3 is 0 Å². The first-order valence-corrected chi connectivity index (χ1v) is 9.47. The molecule has 0 fully saturated rings. The standard InChI is InChI=1S/C19H21ClN2O2S/c1-14(2)24-18-9-5-15(6-10-18)11-21-22-19(23)13-25-12-16-3-7-17(20)8-4-16/h3-11,14H,12-13H2,1-2H3,(H,22,23)/b21-11+. The number of hydrazone groups is 1. The highest BCUT2D eigenvalue weighted by Crippen LogP contribution is 2.15. The van der Waals surface area contributed by atoms with E-state index < -0.39 is 0 Å². The normalized spacial score (nSPS) is 11.0. The van der Waals surface area contributed by atoms with E-state index in [0.717, 1.165) is 22.6 Å². The average molecular weight is 377 g/mol. The number of amides is 1. The van der Waals surface area contributed by atoms with Crippen molar-refractivity contribution in [3.8, 4) is 5.75 Å². The molecule has 0 unspecified atom stereocenters. The molecular formula is C19H21ClN2O2S. The van der Waals surface area contributed by atoms with Crippen LogP contribution in [0.2, 0.25) is 5.02 Å². The summed E-state index contributed by atoms with van der Waals surface area (Å²) in [6.45, 7) is 3.96. The zero-order valence-electron chi connectivity index (χ0n) is 14.2. The molecule has 0 saturated carbocycles. The van der Waals surface area contributed by atoms with Gasteiger partial charge in [-0.25, -0.2) is 5.43 Å². The van der Waals surface area contributed by atoms with E-state index in [9.17, 15) is 4.79 Å². The molecular weight excluding hydrogens is 356 g/mol. The van der Waals surface area contributed by atoms with Crippen molar-refractivity contribution >= 4 is 35.5 Å². The molecule has 2 rings (SSSR count). The summed E-state index contributed by atoms with van der Waals surface area (Å²) in [5.41, 5.74) is 4.56. The average Bonchev–Trinajstić information content (AvgIpc) is 2.58. The number of rotatable bonds is 8. The molecule has 6 heteroatoms. The van der Waals surface area contributed by atoms with Crippen molar-refractivity contribution in [3.63, 3.8) is 0 Å². The highest BCUT2D eigenvalue weighted by molar-refractivity contribution is 7.99. The quantitative estimate of drug-likeness (QED) is 0.544. The molecule has 0 aromatic heterocycles. The van der Waals surface area contributed by atoms with E-state index in [1.807, 2.05) is 62.4 Å². The number of nitrogens with one attached hydrogen (secondary N) is 1. The summed E-state index contributed by atoms with van der Waals surface area (Å²) in [6, 6.07) is 15.1. The molecule has 2 aromatic rings. The van der Waals surface area contributed by atoms with Gasteiger partial charge in [0.15, 0.2) is 0 Å². The second-order valence-corrected chi connectivity index (χ2v) is 7.07. The Morgan fingerprint density at radius 3 is 2.52 bits per heavy atom. The fraction of sp³-hybridized carbons (Fsp3) is 0.263. The summed E-state index contributed by atoms with van der Waals surface area (Å²) in [5.74, 6) is 1.79. The van der Waals surface area contributed by atoms with Crippen LogP contribution in [0.5, 0.6) is 5.75 Å². The number of ether oxygens (including phenoxy) is 1. The number of benzene rings is 2. The molecule has 0 spiro atoms. The van der Waals surface area contributed by atoms with E-state index in [4.69, 9.17) is 16.3 Å². The van der Waals surface area contributed by atoms with Gasteiger partial charge in [0, 0.05) is 10.8 Å². The van der Waals surface area contributed by atoms with Crippen LogP contribution >= 0.6 is 23.4 Å². The van der Waals surface area contributed by atoms with Crippen molar-refractivity contribution in [2.24, 2.45) is 5.10 Å². The maximum Gasteiger partial charge on any atom is 0.250 e. The second-order valence-electron chi connectivity index (χ2n) is 5.65. The molecule has 0 heterocycles. The minimum absolute atomic E-state index is 0.130. The predicted octanol–water partition coefficient (Wildman–Crippen LogP) is 4.51. The van der Waals surface area contributed by atoms with Crippen molar-refractivity contribution < 1.29 is 9.53 Å². The Morgan fingerprint density at radius 2 is 1.88 bits per heavy atom. The summed E-state index contributed by atoms with van der Waals surface area (Å²) < 4.78 is 5.57. The zero-order valence-corrected chi connectivity index (χ0v) is 15.8. The lowest BCUT2D eigenvalue weighted by Gasteiger charge is -2.09. The van der Waals surface area contributed by atoms with Crippen LogP contribution < -0.4 is 10.2 Å². The van der Waals surface area contributed by atoms with Crippen LogP contribution in [0.4, 0.5) is 0 Å². The van der Waals surface area contributed by atoms with Gasteiger partial charge < -0.3 is 4.74 Å². The third kappa shape index (κ3) is 7.63. The van der Waals surface area contributed by atoms with Crippen LogP contribution in [0, 0.1) is 0 Å². The highest BCUT2D eigenvalue weighted by atomic mass is 35.5. The first-order valence-electron chi connectivity index (χ1n) is 7.94. The lowest BCUT2D eigenvalue weighted by atomic mass is 10.2. The number of hydrogen-bond acceptors (Lipinski definition) is 4. The maximum absolute atomic E-state index is 11.8. The highest BCUT2D eigenvalue weighted by Gasteiger charge is 2.01. The van der Waals surface area contributed by atoms with Crippen molar-refractivity contribution in [2.75, 3.05) is 5.75 Å². The van der Waals surface area contributed by atoms with E-state index in [2.05, 4.69) is 10.5 Å². The zero-order chi connectivity index (χ0) is 18.1. The summed E-state index contributed by atoms with van der Waals surface area (Å²) in [6.07, 6.45) is 1.75. The SMILES string of the molecule is CC(C)Oc1ccc(/C=N/NC(=O)CSCc2ccc(Cl)cc2)cc1. The Bertz CT molecular complexity index is 700. The fourth-order valence-electron chi connectivity index (χ4n) is 1.96. The van der Waals surface area contributed by atoms with Gasteiger partial charge in [-0.05, 0) is 61.4 Å². The summed E-state index contributed by atoms with van der Waals surface area (Å²) in [4.78, 5) is 11.8. The Kier molecular flexibility index (Phi) is 7.82. The maximum atomic E-state index is 11.8. The van der Waals surface area contributed by atoms with Crippen LogP contribution in [0.15, 0.2) is 53.6 Å². The van der Waals surface area contributed by atoms with Gasteiger partial charge in [0.1, 0.15) is 5.75 Å². The molecule has 0 bridgehead atoms. The minimum atomic E-state index is -0.130. The van der Waals surface area contributed by atoms with Crippen LogP contribution in [0.25, 0.3) is 0 Å². The number of thioether (sulfide) groups is 1. The topological polar surface area (TPSA) is 50.7 Å². The fourth-order valence-corrected chi connectivity index (χ4v) is 2.86. The van der Waals surface area contributed by atoms with Gasteiger partial charge in [-0.2, -0.15) is 5.10 Å². The van der Waals surface area contributed by atoms with Gasteiger partial charge in [-0.15, -0.1) is 11.8 Å². The molecule has 25 heavy (non-hydrogen) atoms. The van der Waals surface area contributed by atoms with Crippen LogP contribution in [-0.2, 0) is 10.5 Å². The van der Waals surface area contributed by atoms with Crippen molar-refractivity contribution in [1.82, 2.24) is 5.43 Å². The third-order valence-electron chi connectivity index (χ3n) is 3.07.